The second-order valence-electron chi connectivity index (χ2n) is 5.79. The fraction of sp³-hybridized carbons (Fsp3) is 0.500. The summed E-state index contributed by atoms with van der Waals surface area (Å²) in [5, 5.41) is 23.0. The van der Waals surface area contributed by atoms with Crippen LogP contribution in [0, 0.1) is 0 Å². The first-order valence-electron chi connectivity index (χ1n) is 8.13. The van der Waals surface area contributed by atoms with Gasteiger partial charge in [-0.25, -0.2) is 0 Å². The number of benzene rings is 1. The molecule has 0 bridgehead atoms. The summed E-state index contributed by atoms with van der Waals surface area (Å²) in [6, 6.07) is 9.06. The van der Waals surface area contributed by atoms with Gasteiger partial charge in [0.15, 0.2) is 0 Å². The average molecular weight is 335 g/mol. The first-order valence-corrected chi connectivity index (χ1v) is 8.13. The molecule has 2 amide bonds. The van der Waals surface area contributed by atoms with E-state index in [2.05, 4.69) is 10.6 Å². The SMILES string of the molecule is CC(NC(=O)CCc1ccccc1)C(=O)NCCCC(N)B(O)O. The molecule has 1 rings (SSSR count). The minimum absolute atomic E-state index is 0.174. The monoisotopic (exact) mass is 335 g/mol. The van der Waals surface area contributed by atoms with Crippen molar-refractivity contribution in [1.82, 2.24) is 10.6 Å². The molecular weight excluding hydrogens is 309 g/mol. The van der Waals surface area contributed by atoms with Gasteiger partial charge in [0.1, 0.15) is 6.04 Å². The van der Waals surface area contributed by atoms with Crippen molar-refractivity contribution in [2.75, 3.05) is 6.54 Å². The van der Waals surface area contributed by atoms with E-state index in [0.29, 0.717) is 32.2 Å². The van der Waals surface area contributed by atoms with Gasteiger partial charge in [-0.2, -0.15) is 0 Å². The van der Waals surface area contributed by atoms with E-state index in [1.54, 1.807) is 6.92 Å². The molecule has 8 heteroatoms. The molecule has 2 unspecified atom stereocenters. The van der Waals surface area contributed by atoms with E-state index >= 15 is 0 Å². The van der Waals surface area contributed by atoms with Crippen LogP contribution in [0.3, 0.4) is 0 Å². The van der Waals surface area contributed by atoms with Crippen molar-refractivity contribution in [1.29, 1.82) is 0 Å². The van der Waals surface area contributed by atoms with Gasteiger partial charge in [-0.3, -0.25) is 9.59 Å². The summed E-state index contributed by atoms with van der Waals surface area (Å²) < 4.78 is 0. The van der Waals surface area contributed by atoms with E-state index in [1.807, 2.05) is 30.3 Å². The van der Waals surface area contributed by atoms with Gasteiger partial charge in [0.05, 0.1) is 0 Å². The second kappa shape index (κ2) is 10.8. The van der Waals surface area contributed by atoms with E-state index in [1.165, 1.54) is 0 Å². The number of nitrogens with two attached hydrogens (primary N) is 1. The molecule has 1 aromatic rings. The Morgan fingerprint density at radius 2 is 1.92 bits per heavy atom. The van der Waals surface area contributed by atoms with Gasteiger partial charge in [0, 0.05) is 18.9 Å². The molecule has 1 aromatic carbocycles. The van der Waals surface area contributed by atoms with Crippen LogP contribution in [0.15, 0.2) is 30.3 Å². The van der Waals surface area contributed by atoms with Crippen LogP contribution < -0.4 is 16.4 Å². The largest absolute Gasteiger partial charge is 0.469 e. The molecule has 0 radical (unpaired) electrons. The number of rotatable bonds is 10. The minimum Gasteiger partial charge on any atom is -0.426 e. The summed E-state index contributed by atoms with van der Waals surface area (Å²) in [5.74, 6) is -1.18. The third kappa shape index (κ3) is 8.10. The van der Waals surface area contributed by atoms with Gasteiger partial charge in [-0.15, -0.1) is 0 Å². The maximum atomic E-state index is 11.9. The smallest absolute Gasteiger partial charge is 0.426 e. The third-order valence-electron chi connectivity index (χ3n) is 3.65. The Labute approximate surface area is 142 Å². The van der Waals surface area contributed by atoms with Crippen LogP contribution in [0.4, 0.5) is 0 Å². The van der Waals surface area contributed by atoms with Crippen LogP contribution in [0.1, 0.15) is 31.7 Å². The lowest BCUT2D eigenvalue weighted by Gasteiger charge is -2.15. The van der Waals surface area contributed by atoms with Gasteiger partial charge in [0.2, 0.25) is 11.8 Å². The molecule has 2 atom stereocenters. The number of hydrogen-bond acceptors (Lipinski definition) is 5. The fourth-order valence-corrected chi connectivity index (χ4v) is 2.13. The van der Waals surface area contributed by atoms with Gasteiger partial charge in [-0.05, 0) is 31.7 Å². The number of aryl methyl sites for hydroxylation is 1. The van der Waals surface area contributed by atoms with Gasteiger partial charge >= 0.3 is 7.12 Å². The quantitative estimate of drug-likeness (QED) is 0.287. The zero-order valence-corrected chi connectivity index (χ0v) is 13.9. The van der Waals surface area contributed by atoms with Crippen LogP contribution in [0.5, 0.6) is 0 Å². The summed E-state index contributed by atoms with van der Waals surface area (Å²) in [5.41, 5.74) is 6.55. The summed E-state index contributed by atoms with van der Waals surface area (Å²) in [6.45, 7) is 1.99. The summed E-state index contributed by atoms with van der Waals surface area (Å²) in [7, 11) is -1.55. The van der Waals surface area contributed by atoms with Crippen molar-refractivity contribution in [3.8, 4) is 0 Å². The van der Waals surface area contributed by atoms with Crippen LogP contribution in [-0.4, -0.2) is 47.5 Å². The number of carbonyl (C=O) groups is 2. The number of amides is 2. The first kappa shape index (κ1) is 20.2. The summed E-state index contributed by atoms with van der Waals surface area (Å²) in [6.07, 6.45) is 1.86. The molecule has 6 N–H and O–H groups in total. The Morgan fingerprint density at radius 1 is 1.25 bits per heavy atom. The van der Waals surface area contributed by atoms with E-state index in [9.17, 15) is 9.59 Å². The molecule has 7 nitrogen and oxygen atoms in total. The fourth-order valence-electron chi connectivity index (χ4n) is 2.13. The topological polar surface area (TPSA) is 125 Å². The number of nitrogens with one attached hydrogen (secondary N) is 2. The Bertz CT molecular complexity index is 513. The van der Waals surface area contributed by atoms with E-state index in [-0.39, 0.29) is 11.8 Å². The van der Waals surface area contributed by atoms with Crippen LogP contribution in [0.25, 0.3) is 0 Å². The molecule has 0 aromatic heterocycles. The highest BCUT2D eigenvalue weighted by molar-refractivity contribution is 6.43. The maximum absolute atomic E-state index is 11.9. The van der Waals surface area contributed by atoms with E-state index in [4.69, 9.17) is 15.8 Å². The lowest BCUT2D eigenvalue weighted by Crippen LogP contribution is -2.45. The molecule has 0 aliphatic heterocycles. The highest BCUT2D eigenvalue weighted by Crippen LogP contribution is 2.02. The van der Waals surface area contributed by atoms with Crippen LogP contribution in [-0.2, 0) is 16.0 Å². The highest BCUT2D eigenvalue weighted by Gasteiger charge is 2.18. The van der Waals surface area contributed by atoms with E-state index in [0.717, 1.165) is 5.56 Å². The molecule has 0 fully saturated rings. The summed E-state index contributed by atoms with van der Waals surface area (Å²) in [4.78, 5) is 23.7. The zero-order chi connectivity index (χ0) is 17.9. The molecule has 0 heterocycles. The average Bonchev–Trinajstić information content (AvgIpc) is 2.57. The third-order valence-corrected chi connectivity index (χ3v) is 3.65. The molecular formula is C16H26BN3O4. The second-order valence-corrected chi connectivity index (χ2v) is 5.79. The molecule has 0 saturated carbocycles. The van der Waals surface area contributed by atoms with Crippen LogP contribution >= 0.6 is 0 Å². The zero-order valence-electron chi connectivity index (χ0n) is 13.9. The van der Waals surface area contributed by atoms with Crippen molar-refractivity contribution < 1.29 is 19.6 Å². The Hall–Kier alpha value is -1.90. The molecule has 132 valence electrons. The van der Waals surface area contributed by atoms with Gasteiger partial charge in [0.25, 0.3) is 0 Å². The Morgan fingerprint density at radius 3 is 2.54 bits per heavy atom. The van der Waals surface area contributed by atoms with Gasteiger partial charge < -0.3 is 26.4 Å². The Kier molecular flexibility index (Phi) is 9.07. The van der Waals surface area contributed by atoms with Crippen molar-refractivity contribution in [2.45, 2.75) is 44.6 Å². The number of hydrogen-bond donors (Lipinski definition) is 5. The summed E-state index contributed by atoms with van der Waals surface area (Å²) >= 11 is 0. The highest BCUT2D eigenvalue weighted by atomic mass is 16.4. The molecule has 24 heavy (non-hydrogen) atoms. The minimum atomic E-state index is -1.55. The molecule has 0 saturated heterocycles. The molecule has 0 aliphatic carbocycles. The van der Waals surface area contributed by atoms with Crippen molar-refractivity contribution in [3.05, 3.63) is 35.9 Å². The Balaban J connectivity index is 2.19. The van der Waals surface area contributed by atoms with Gasteiger partial charge in [-0.1, -0.05) is 30.3 Å². The maximum Gasteiger partial charge on any atom is 0.469 e. The van der Waals surface area contributed by atoms with Crippen LogP contribution in [0.2, 0.25) is 0 Å². The van der Waals surface area contributed by atoms with Crippen molar-refractivity contribution >= 4 is 18.9 Å². The standard InChI is InChI=1S/C16H26BN3O4/c1-12(16(22)19-11-5-8-14(18)17(23)24)20-15(21)10-9-13-6-3-2-4-7-13/h2-4,6-7,12,14,23-24H,5,8-11,18H2,1H3,(H,19,22)(H,20,21). The number of carbonyl (C=O) groups excluding carboxylic acids is 2. The molecule has 0 aliphatic rings. The normalized spacial score (nSPS) is 13.0. The predicted octanol–water partition coefficient (Wildman–Crippen LogP) is -0.640. The van der Waals surface area contributed by atoms with E-state index < -0.39 is 19.1 Å². The lowest BCUT2D eigenvalue weighted by molar-refractivity contribution is -0.128. The predicted molar refractivity (Wildman–Crippen MR) is 92.8 cm³/mol. The van der Waals surface area contributed by atoms with Crippen molar-refractivity contribution in [2.24, 2.45) is 5.73 Å². The molecule has 0 spiro atoms. The lowest BCUT2D eigenvalue weighted by atomic mass is 9.78. The van der Waals surface area contributed by atoms with Crippen molar-refractivity contribution in [3.63, 3.8) is 0 Å². The first-order chi connectivity index (χ1) is 11.4.